The minimum Gasteiger partial charge on any atom is -0.410 e. The Labute approximate surface area is 250 Å². The number of benzene rings is 1. The van der Waals surface area contributed by atoms with E-state index in [0.29, 0.717) is 66.7 Å². The van der Waals surface area contributed by atoms with Gasteiger partial charge in [0.2, 0.25) is 11.9 Å². The topological polar surface area (TPSA) is 119 Å². The van der Waals surface area contributed by atoms with Gasteiger partial charge in [0.1, 0.15) is 5.75 Å². The SMILES string of the molecule is C=CC(=O)N1CCCCC(n2c(NC(=O)c3ccnc(C)c3)nc3cc(OC(=O)N4CCOCC4)cc(Cl)c32)C1.CC. The number of hydrogen-bond donors (Lipinski definition) is 1. The van der Waals surface area contributed by atoms with Crippen LogP contribution < -0.4 is 10.1 Å². The summed E-state index contributed by atoms with van der Waals surface area (Å²) in [7, 11) is 0. The summed E-state index contributed by atoms with van der Waals surface area (Å²) in [5.74, 6) is 0.0129. The fourth-order valence-corrected chi connectivity index (χ4v) is 5.39. The highest BCUT2D eigenvalue weighted by molar-refractivity contribution is 6.35. The number of carbonyl (C=O) groups is 3. The molecule has 11 nitrogen and oxygen atoms in total. The number of ether oxygens (including phenoxy) is 2. The van der Waals surface area contributed by atoms with Crippen LogP contribution in [0, 0.1) is 6.92 Å². The molecule has 2 aliphatic heterocycles. The van der Waals surface area contributed by atoms with Crippen LogP contribution in [0.4, 0.5) is 10.7 Å². The molecule has 0 radical (unpaired) electrons. The van der Waals surface area contributed by atoms with Gasteiger partial charge in [0, 0.05) is 55.8 Å². The van der Waals surface area contributed by atoms with E-state index in [2.05, 4.69) is 16.9 Å². The maximum absolute atomic E-state index is 13.2. The van der Waals surface area contributed by atoms with Gasteiger partial charge in [-0.2, -0.15) is 0 Å². The number of hydrogen-bond acceptors (Lipinski definition) is 7. The average molecular weight is 597 g/mol. The first kappa shape index (κ1) is 31.0. The van der Waals surface area contributed by atoms with Crippen LogP contribution in [-0.4, -0.2) is 81.6 Å². The molecule has 2 saturated heterocycles. The Morgan fingerprint density at radius 2 is 1.88 bits per heavy atom. The monoisotopic (exact) mass is 596 g/mol. The number of pyridine rings is 1. The lowest BCUT2D eigenvalue weighted by molar-refractivity contribution is -0.126. The van der Waals surface area contributed by atoms with Crippen LogP contribution in [0.15, 0.2) is 43.1 Å². The summed E-state index contributed by atoms with van der Waals surface area (Å²) in [4.78, 5) is 50.7. The second-order valence-electron chi connectivity index (χ2n) is 9.82. The number of carbonyl (C=O) groups excluding carboxylic acids is 3. The van der Waals surface area contributed by atoms with E-state index < -0.39 is 6.09 Å². The normalized spacial score (nSPS) is 17.1. The predicted molar refractivity (Wildman–Crippen MR) is 161 cm³/mol. The molecule has 2 fully saturated rings. The van der Waals surface area contributed by atoms with Gasteiger partial charge in [-0.1, -0.05) is 32.0 Å². The fraction of sp³-hybridized carbons (Fsp3) is 0.433. The molecule has 2 aromatic heterocycles. The minimum absolute atomic E-state index is 0.155. The van der Waals surface area contributed by atoms with Gasteiger partial charge in [-0.3, -0.25) is 19.9 Å². The second-order valence-corrected chi connectivity index (χ2v) is 10.2. The van der Waals surface area contributed by atoms with Crippen LogP contribution in [-0.2, 0) is 9.53 Å². The zero-order valence-electron chi connectivity index (χ0n) is 24.3. The van der Waals surface area contributed by atoms with E-state index in [9.17, 15) is 14.4 Å². The number of nitrogens with zero attached hydrogens (tertiary/aromatic N) is 5. The summed E-state index contributed by atoms with van der Waals surface area (Å²) in [6, 6.07) is 6.30. The Morgan fingerprint density at radius 1 is 1.12 bits per heavy atom. The van der Waals surface area contributed by atoms with Gasteiger partial charge in [-0.25, -0.2) is 9.78 Å². The van der Waals surface area contributed by atoms with Crippen molar-refractivity contribution in [3.05, 3.63) is 59.4 Å². The van der Waals surface area contributed by atoms with Crippen molar-refractivity contribution in [2.24, 2.45) is 0 Å². The molecule has 12 heteroatoms. The van der Waals surface area contributed by atoms with Crippen molar-refractivity contribution in [1.29, 1.82) is 0 Å². The lowest BCUT2D eigenvalue weighted by Gasteiger charge is -2.26. The highest BCUT2D eigenvalue weighted by Gasteiger charge is 2.28. The Hall–Kier alpha value is -3.96. The van der Waals surface area contributed by atoms with Gasteiger partial charge in [-0.15, -0.1) is 0 Å². The molecule has 42 heavy (non-hydrogen) atoms. The van der Waals surface area contributed by atoms with E-state index in [4.69, 9.17) is 26.1 Å². The van der Waals surface area contributed by atoms with E-state index in [0.717, 1.165) is 19.3 Å². The predicted octanol–water partition coefficient (Wildman–Crippen LogP) is 5.24. The van der Waals surface area contributed by atoms with Crippen molar-refractivity contribution < 1.29 is 23.9 Å². The van der Waals surface area contributed by atoms with Gasteiger partial charge >= 0.3 is 6.09 Å². The standard InChI is InChI=1S/C28H31ClN6O5.C2H6/c1-3-24(36)34-9-5-4-6-20(17-34)35-25-22(29)15-21(40-28(38)33-10-12-39-13-11-33)16-23(25)31-27(35)32-26(37)19-7-8-30-18(2)14-19;1-2/h3,7-8,14-16,20H,1,4-6,9-13,17H2,2H3,(H,31,32,37);1-2H3. The third kappa shape index (κ3) is 7.08. The number of anilines is 1. The van der Waals surface area contributed by atoms with Crippen LogP contribution in [0.2, 0.25) is 5.02 Å². The van der Waals surface area contributed by atoms with E-state index in [1.807, 2.05) is 25.3 Å². The minimum atomic E-state index is -0.498. The molecule has 1 unspecified atom stereocenters. The number of amides is 3. The third-order valence-corrected chi connectivity index (χ3v) is 7.36. The number of nitrogens with one attached hydrogen (secondary N) is 1. The number of aromatic nitrogens is 3. The van der Waals surface area contributed by atoms with E-state index in [-0.39, 0.29) is 29.6 Å². The molecule has 1 aromatic carbocycles. The first-order valence-electron chi connectivity index (χ1n) is 14.3. The molecule has 3 amide bonds. The number of imidazole rings is 1. The molecule has 0 aliphatic carbocycles. The van der Waals surface area contributed by atoms with Crippen LogP contribution in [0.25, 0.3) is 11.0 Å². The van der Waals surface area contributed by atoms with E-state index in [1.165, 1.54) is 6.08 Å². The molecule has 1 atom stereocenters. The van der Waals surface area contributed by atoms with Crippen molar-refractivity contribution in [1.82, 2.24) is 24.3 Å². The van der Waals surface area contributed by atoms with Gasteiger partial charge < -0.3 is 23.8 Å². The third-order valence-electron chi connectivity index (χ3n) is 7.07. The zero-order valence-corrected chi connectivity index (χ0v) is 25.0. The smallest absolute Gasteiger partial charge is 0.410 e. The maximum Gasteiger partial charge on any atom is 0.415 e. The summed E-state index contributed by atoms with van der Waals surface area (Å²) in [5.41, 5.74) is 2.16. The van der Waals surface area contributed by atoms with Gasteiger partial charge in [-0.05, 0) is 44.4 Å². The molecule has 5 rings (SSSR count). The fourth-order valence-electron chi connectivity index (χ4n) is 5.09. The molecule has 224 valence electrons. The quantitative estimate of drug-likeness (QED) is 0.400. The van der Waals surface area contributed by atoms with Crippen molar-refractivity contribution in [2.75, 3.05) is 44.7 Å². The summed E-state index contributed by atoms with van der Waals surface area (Å²) >= 11 is 6.81. The Bertz CT molecular complexity index is 1450. The Morgan fingerprint density at radius 3 is 2.60 bits per heavy atom. The summed E-state index contributed by atoms with van der Waals surface area (Å²) in [6.45, 7) is 12.2. The Balaban J connectivity index is 0.00000198. The van der Waals surface area contributed by atoms with Crippen LogP contribution in [0.1, 0.15) is 55.2 Å². The summed E-state index contributed by atoms with van der Waals surface area (Å²) in [5, 5.41) is 3.24. The molecule has 0 bridgehead atoms. The van der Waals surface area contributed by atoms with Crippen molar-refractivity contribution >= 4 is 46.5 Å². The van der Waals surface area contributed by atoms with E-state index >= 15 is 0 Å². The average Bonchev–Trinajstić information content (AvgIpc) is 3.18. The number of morpholine rings is 1. The highest BCUT2D eigenvalue weighted by atomic mass is 35.5. The first-order valence-corrected chi connectivity index (χ1v) is 14.6. The molecular weight excluding hydrogens is 560 g/mol. The zero-order chi connectivity index (χ0) is 30.2. The number of likely N-dealkylation sites (tertiary alicyclic amines) is 1. The molecule has 4 heterocycles. The lowest BCUT2D eigenvalue weighted by atomic mass is 10.1. The maximum atomic E-state index is 13.2. The lowest BCUT2D eigenvalue weighted by Crippen LogP contribution is -2.42. The number of rotatable bonds is 5. The first-order chi connectivity index (χ1) is 20.3. The largest absolute Gasteiger partial charge is 0.415 e. The van der Waals surface area contributed by atoms with E-state index in [1.54, 1.807) is 40.3 Å². The summed E-state index contributed by atoms with van der Waals surface area (Å²) < 4.78 is 12.8. The summed E-state index contributed by atoms with van der Waals surface area (Å²) in [6.07, 6.45) is 4.84. The van der Waals surface area contributed by atoms with Gasteiger partial charge in [0.25, 0.3) is 5.91 Å². The molecule has 0 saturated carbocycles. The second kappa shape index (κ2) is 14.3. The van der Waals surface area contributed by atoms with Crippen LogP contribution >= 0.6 is 11.6 Å². The highest BCUT2D eigenvalue weighted by Crippen LogP contribution is 2.36. The van der Waals surface area contributed by atoms with Crippen LogP contribution in [0.5, 0.6) is 5.75 Å². The molecule has 3 aromatic rings. The molecular formula is C30H37ClN6O5. The van der Waals surface area contributed by atoms with Crippen molar-refractivity contribution in [3.63, 3.8) is 0 Å². The number of aryl methyl sites for hydroxylation is 1. The van der Waals surface area contributed by atoms with Crippen molar-refractivity contribution in [2.45, 2.75) is 46.1 Å². The van der Waals surface area contributed by atoms with Crippen LogP contribution in [0.3, 0.4) is 0 Å². The molecule has 1 N–H and O–H groups in total. The van der Waals surface area contributed by atoms with Crippen molar-refractivity contribution in [3.8, 4) is 5.75 Å². The Kier molecular flexibility index (Phi) is 10.5. The molecule has 2 aliphatic rings. The molecule has 0 spiro atoms. The van der Waals surface area contributed by atoms with Gasteiger partial charge in [0.05, 0.1) is 35.3 Å². The number of halogens is 1. The van der Waals surface area contributed by atoms with Gasteiger partial charge in [0.15, 0.2) is 0 Å². The number of fused-ring (bicyclic) bond motifs is 1.